The van der Waals surface area contributed by atoms with Crippen LogP contribution in [0.15, 0.2) is 10.5 Å². The van der Waals surface area contributed by atoms with Gasteiger partial charge in [-0.2, -0.15) is 0 Å². The SMILES string of the molecule is COC(=O)C(CN)c1sc(C)cc1Br. The molecule has 0 aliphatic carbocycles. The number of rotatable bonds is 3. The molecule has 0 aliphatic heterocycles. The standard InChI is InChI=1S/C9H12BrNO2S/c1-5-3-7(10)8(14-5)6(4-11)9(12)13-2/h3,6H,4,11H2,1-2H3. The number of halogens is 1. The zero-order valence-electron chi connectivity index (χ0n) is 8.04. The summed E-state index contributed by atoms with van der Waals surface area (Å²) in [6, 6.07) is 1.98. The predicted molar refractivity (Wildman–Crippen MR) is 60.6 cm³/mol. The second-order valence-corrected chi connectivity index (χ2v) is 5.02. The van der Waals surface area contributed by atoms with Crippen molar-refractivity contribution in [3.63, 3.8) is 0 Å². The molecule has 2 N–H and O–H groups in total. The Labute approximate surface area is 95.4 Å². The van der Waals surface area contributed by atoms with Crippen LogP contribution < -0.4 is 5.73 Å². The van der Waals surface area contributed by atoms with Gasteiger partial charge < -0.3 is 10.5 Å². The summed E-state index contributed by atoms with van der Waals surface area (Å²) in [4.78, 5) is 13.5. The van der Waals surface area contributed by atoms with Gasteiger partial charge in [-0.25, -0.2) is 0 Å². The molecular formula is C9H12BrNO2S. The van der Waals surface area contributed by atoms with Crippen molar-refractivity contribution in [1.29, 1.82) is 0 Å². The minimum atomic E-state index is -0.354. The summed E-state index contributed by atoms with van der Waals surface area (Å²) in [5.41, 5.74) is 5.54. The van der Waals surface area contributed by atoms with E-state index < -0.39 is 0 Å². The van der Waals surface area contributed by atoms with Crippen LogP contribution in [0.2, 0.25) is 0 Å². The van der Waals surface area contributed by atoms with Gasteiger partial charge in [0.05, 0.1) is 7.11 Å². The third-order valence-corrected chi connectivity index (χ3v) is 3.96. The Balaban J connectivity index is 3.00. The number of hydrogen-bond donors (Lipinski definition) is 1. The number of esters is 1. The summed E-state index contributed by atoms with van der Waals surface area (Å²) in [5, 5.41) is 0. The highest BCUT2D eigenvalue weighted by Gasteiger charge is 2.23. The maximum atomic E-state index is 11.4. The van der Waals surface area contributed by atoms with E-state index in [4.69, 9.17) is 5.73 Å². The third-order valence-electron chi connectivity index (χ3n) is 1.87. The summed E-state index contributed by atoms with van der Waals surface area (Å²) >= 11 is 4.97. The second kappa shape index (κ2) is 4.91. The van der Waals surface area contributed by atoms with Crippen LogP contribution in [0.5, 0.6) is 0 Å². The zero-order valence-corrected chi connectivity index (χ0v) is 10.4. The molecule has 3 nitrogen and oxygen atoms in total. The molecule has 1 aromatic heterocycles. The smallest absolute Gasteiger partial charge is 0.315 e. The Morgan fingerprint density at radius 1 is 1.79 bits per heavy atom. The molecule has 0 fully saturated rings. The van der Waals surface area contributed by atoms with Gasteiger partial charge >= 0.3 is 5.97 Å². The quantitative estimate of drug-likeness (QED) is 0.861. The molecule has 0 amide bonds. The Bertz CT molecular complexity index is 338. The monoisotopic (exact) mass is 277 g/mol. The van der Waals surface area contributed by atoms with E-state index in [9.17, 15) is 4.79 Å². The lowest BCUT2D eigenvalue weighted by atomic mass is 10.1. The molecule has 14 heavy (non-hydrogen) atoms. The first-order valence-corrected chi connectivity index (χ1v) is 5.74. The molecule has 78 valence electrons. The lowest BCUT2D eigenvalue weighted by Crippen LogP contribution is -2.22. The van der Waals surface area contributed by atoms with Crippen LogP contribution in [-0.4, -0.2) is 19.6 Å². The molecule has 0 spiro atoms. The van der Waals surface area contributed by atoms with Crippen molar-refractivity contribution < 1.29 is 9.53 Å². The summed E-state index contributed by atoms with van der Waals surface area (Å²) in [7, 11) is 1.37. The van der Waals surface area contributed by atoms with E-state index in [2.05, 4.69) is 20.7 Å². The van der Waals surface area contributed by atoms with Gasteiger partial charge in [0.15, 0.2) is 0 Å². The molecule has 0 saturated heterocycles. The Hall–Kier alpha value is -0.390. The van der Waals surface area contributed by atoms with Gasteiger partial charge in [0.2, 0.25) is 0 Å². The van der Waals surface area contributed by atoms with Crippen molar-refractivity contribution in [2.24, 2.45) is 5.73 Å². The average Bonchev–Trinajstić information content (AvgIpc) is 2.47. The molecule has 5 heteroatoms. The lowest BCUT2D eigenvalue weighted by molar-refractivity contribution is -0.142. The number of carbonyl (C=O) groups excluding carboxylic acids is 1. The van der Waals surface area contributed by atoms with Gasteiger partial charge in [0.1, 0.15) is 5.92 Å². The van der Waals surface area contributed by atoms with Crippen LogP contribution in [0.1, 0.15) is 15.7 Å². The molecular weight excluding hydrogens is 266 g/mol. The van der Waals surface area contributed by atoms with Crippen LogP contribution in [0.3, 0.4) is 0 Å². The normalized spacial score (nSPS) is 12.6. The molecule has 0 radical (unpaired) electrons. The summed E-state index contributed by atoms with van der Waals surface area (Å²) in [6.07, 6.45) is 0. The van der Waals surface area contributed by atoms with Gasteiger partial charge in [-0.1, -0.05) is 0 Å². The van der Waals surface area contributed by atoms with Gasteiger partial charge in [0, 0.05) is 20.8 Å². The molecule has 0 saturated carbocycles. The number of hydrogen-bond acceptors (Lipinski definition) is 4. The lowest BCUT2D eigenvalue weighted by Gasteiger charge is -2.10. The molecule has 0 aliphatic rings. The Morgan fingerprint density at radius 3 is 2.79 bits per heavy atom. The first kappa shape index (κ1) is 11.7. The van der Waals surface area contributed by atoms with Crippen LogP contribution in [0, 0.1) is 6.92 Å². The number of aryl methyl sites for hydroxylation is 1. The van der Waals surface area contributed by atoms with E-state index >= 15 is 0 Å². The van der Waals surface area contributed by atoms with Gasteiger partial charge in [0.25, 0.3) is 0 Å². The molecule has 1 aromatic rings. The van der Waals surface area contributed by atoms with Crippen molar-refractivity contribution in [3.8, 4) is 0 Å². The fourth-order valence-corrected chi connectivity index (χ4v) is 3.22. The minimum Gasteiger partial charge on any atom is -0.468 e. The van der Waals surface area contributed by atoms with Crippen molar-refractivity contribution in [3.05, 3.63) is 20.3 Å². The molecule has 1 unspecified atom stereocenters. The number of ether oxygens (including phenoxy) is 1. The van der Waals surface area contributed by atoms with Crippen molar-refractivity contribution in [2.45, 2.75) is 12.8 Å². The van der Waals surface area contributed by atoms with Crippen LogP contribution in [0.4, 0.5) is 0 Å². The Morgan fingerprint density at radius 2 is 2.43 bits per heavy atom. The largest absolute Gasteiger partial charge is 0.468 e. The van der Waals surface area contributed by atoms with Crippen molar-refractivity contribution in [1.82, 2.24) is 0 Å². The second-order valence-electron chi connectivity index (χ2n) is 2.88. The van der Waals surface area contributed by atoms with E-state index in [0.29, 0.717) is 0 Å². The Kier molecular flexibility index (Phi) is 4.10. The predicted octanol–water partition coefficient (Wildman–Crippen LogP) is 2.03. The summed E-state index contributed by atoms with van der Waals surface area (Å²) < 4.78 is 5.62. The van der Waals surface area contributed by atoms with Gasteiger partial charge in [-0.15, -0.1) is 11.3 Å². The van der Waals surface area contributed by atoms with Gasteiger partial charge in [-0.3, -0.25) is 4.79 Å². The van der Waals surface area contributed by atoms with Crippen molar-refractivity contribution in [2.75, 3.05) is 13.7 Å². The minimum absolute atomic E-state index is 0.269. The third kappa shape index (κ3) is 2.34. The van der Waals surface area contributed by atoms with E-state index in [1.807, 2.05) is 13.0 Å². The molecule has 1 atom stereocenters. The van der Waals surface area contributed by atoms with E-state index in [0.717, 1.165) is 14.2 Å². The maximum Gasteiger partial charge on any atom is 0.315 e. The first-order valence-electron chi connectivity index (χ1n) is 4.13. The average molecular weight is 278 g/mol. The summed E-state index contributed by atoms with van der Waals surface area (Å²) in [5.74, 6) is -0.636. The van der Waals surface area contributed by atoms with Crippen molar-refractivity contribution >= 4 is 33.2 Å². The highest BCUT2D eigenvalue weighted by molar-refractivity contribution is 9.10. The fourth-order valence-electron chi connectivity index (χ4n) is 1.19. The van der Waals surface area contributed by atoms with Gasteiger partial charge in [-0.05, 0) is 28.9 Å². The first-order chi connectivity index (χ1) is 6.60. The molecule has 1 rings (SSSR count). The maximum absolute atomic E-state index is 11.4. The fraction of sp³-hybridized carbons (Fsp3) is 0.444. The van der Waals surface area contributed by atoms with Crippen LogP contribution >= 0.6 is 27.3 Å². The number of methoxy groups -OCH3 is 1. The van der Waals surface area contributed by atoms with Crippen LogP contribution in [-0.2, 0) is 9.53 Å². The number of thiophene rings is 1. The summed E-state index contributed by atoms with van der Waals surface area (Å²) in [6.45, 7) is 2.26. The highest BCUT2D eigenvalue weighted by Crippen LogP contribution is 2.33. The van der Waals surface area contributed by atoms with E-state index in [1.165, 1.54) is 7.11 Å². The van der Waals surface area contributed by atoms with E-state index in [-0.39, 0.29) is 18.4 Å². The number of nitrogens with two attached hydrogens (primary N) is 1. The number of carbonyl (C=O) groups is 1. The molecule has 1 heterocycles. The van der Waals surface area contributed by atoms with Crippen LogP contribution in [0.25, 0.3) is 0 Å². The topological polar surface area (TPSA) is 52.3 Å². The molecule has 0 bridgehead atoms. The highest BCUT2D eigenvalue weighted by atomic mass is 79.9. The van der Waals surface area contributed by atoms with E-state index in [1.54, 1.807) is 11.3 Å². The zero-order chi connectivity index (χ0) is 10.7. The molecule has 0 aromatic carbocycles.